The molecule has 9 N–H and O–H groups in total. The molecule has 0 aromatic heterocycles. The molecule has 136 valence electrons. The second-order valence-electron chi connectivity index (χ2n) is 4.92. The van der Waals surface area contributed by atoms with Gasteiger partial charge in [-0.3, -0.25) is 24.0 Å². The lowest BCUT2D eigenvalue weighted by Gasteiger charge is -2.22. The minimum absolute atomic E-state index is 0.0815. The van der Waals surface area contributed by atoms with E-state index in [0.717, 1.165) is 0 Å². The summed E-state index contributed by atoms with van der Waals surface area (Å²) in [7, 11) is 0. The Hall–Kier alpha value is -2.34. The van der Waals surface area contributed by atoms with Crippen LogP contribution in [0.1, 0.15) is 19.3 Å². The van der Waals surface area contributed by atoms with Gasteiger partial charge in [-0.2, -0.15) is 12.6 Å². The van der Waals surface area contributed by atoms with E-state index >= 15 is 0 Å². The highest BCUT2D eigenvalue weighted by atomic mass is 32.1. The fourth-order valence-corrected chi connectivity index (χ4v) is 1.88. The highest BCUT2D eigenvalue weighted by molar-refractivity contribution is 7.80. The van der Waals surface area contributed by atoms with Gasteiger partial charge in [-0.05, 0) is 6.42 Å². The van der Waals surface area contributed by atoms with E-state index in [2.05, 4.69) is 23.3 Å². The molecule has 0 aliphatic carbocycles. The van der Waals surface area contributed by atoms with Crippen LogP contribution in [0.4, 0.5) is 0 Å². The smallest absolute Gasteiger partial charge is 0.303 e. The fourth-order valence-electron chi connectivity index (χ4n) is 1.60. The summed E-state index contributed by atoms with van der Waals surface area (Å²) < 4.78 is 0. The second-order valence-corrected chi connectivity index (χ2v) is 5.28. The van der Waals surface area contributed by atoms with Crippen LogP contribution in [0.25, 0.3) is 0 Å². The maximum absolute atomic E-state index is 12.1. The molecule has 0 aromatic rings. The predicted octanol–water partition coefficient (Wildman–Crippen LogP) is -3.56. The number of carbonyl (C=O) groups excluding carboxylic acids is 4. The van der Waals surface area contributed by atoms with Crippen LogP contribution in [-0.2, 0) is 24.0 Å². The van der Waals surface area contributed by atoms with Crippen molar-refractivity contribution >= 4 is 42.2 Å². The number of carboxylic acid groups (broad SMARTS) is 1. The molecule has 0 aliphatic heterocycles. The Bertz CT molecular complexity index is 514. The molecular weight excluding hydrogens is 342 g/mol. The summed E-state index contributed by atoms with van der Waals surface area (Å²) >= 11 is 3.85. The van der Waals surface area contributed by atoms with Gasteiger partial charge < -0.3 is 32.9 Å². The summed E-state index contributed by atoms with van der Waals surface area (Å²) in [6.07, 6.45) is -1.13. The van der Waals surface area contributed by atoms with Crippen molar-refractivity contribution in [3.8, 4) is 0 Å². The van der Waals surface area contributed by atoms with E-state index in [1.807, 2.05) is 0 Å². The summed E-state index contributed by atoms with van der Waals surface area (Å²) in [5.74, 6) is -4.61. The lowest BCUT2D eigenvalue weighted by Crippen LogP contribution is -2.56. The van der Waals surface area contributed by atoms with Gasteiger partial charge in [0.15, 0.2) is 0 Å². The summed E-state index contributed by atoms with van der Waals surface area (Å²) in [6.45, 7) is 0. The molecule has 0 bridgehead atoms. The zero-order chi connectivity index (χ0) is 18.9. The Morgan fingerprint density at radius 1 is 1.00 bits per heavy atom. The van der Waals surface area contributed by atoms with Gasteiger partial charge in [0, 0.05) is 12.2 Å². The number of rotatable bonds is 11. The standard InChI is InChI=1S/C12H21N5O6S/c13-5(3-8(14)18)11(22)16-6(1-2-9(19)20)12(23)17-7(4-24)10(15)21/h5-7,24H,1-4,13H2,(H2,14,18)(H2,15,21)(H,16,22)(H,17,23)(H,19,20)/t5-,6-,7-/m0/s1. The van der Waals surface area contributed by atoms with E-state index in [9.17, 15) is 24.0 Å². The normalized spacial score (nSPS) is 14.1. The van der Waals surface area contributed by atoms with Crippen LogP contribution in [-0.4, -0.2) is 58.6 Å². The molecule has 0 unspecified atom stereocenters. The Kier molecular flexibility index (Phi) is 9.42. The third-order valence-corrected chi connectivity index (χ3v) is 3.25. The minimum atomic E-state index is -1.29. The van der Waals surface area contributed by atoms with Crippen molar-refractivity contribution in [2.75, 3.05) is 5.75 Å². The summed E-state index contributed by atoms with van der Waals surface area (Å²) in [4.78, 5) is 56.5. The Labute approximate surface area is 143 Å². The van der Waals surface area contributed by atoms with Gasteiger partial charge in [0.1, 0.15) is 12.1 Å². The lowest BCUT2D eigenvalue weighted by molar-refractivity contribution is -0.138. The lowest BCUT2D eigenvalue weighted by atomic mass is 10.1. The van der Waals surface area contributed by atoms with Crippen LogP contribution in [0.15, 0.2) is 0 Å². The van der Waals surface area contributed by atoms with Crippen molar-refractivity contribution in [3.05, 3.63) is 0 Å². The predicted molar refractivity (Wildman–Crippen MR) is 85.6 cm³/mol. The maximum atomic E-state index is 12.1. The van der Waals surface area contributed by atoms with Gasteiger partial charge >= 0.3 is 5.97 Å². The van der Waals surface area contributed by atoms with Crippen molar-refractivity contribution in [2.24, 2.45) is 17.2 Å². The molecule has 0 saturated heterocycles. The SMILES string of the molecule is NC(=O)C[C@H](N)C(=O)N[C@@H](CCC(=O)O)C(=O)N[C@@H](CS)C(N)=O. The van der Waals surface area contributed by atoms with Crippen molar-refractivity contribution in [3.63, 3.8) is 0 Å². The number of nitrogens with one attached hydrogen (secondary N) is 2. The summed E-state index contributed by atoms with van der Waals surface area (Å²) in [6, 6.07) is -3.67. The molecule has 0 saturated carbocycles. The summed E-state index contributed by atoms with van der Waals surface area (Å²) in [5, 5.41) is 13.2. The largest absolute Gasteiger partial charge is 0.481 e. The number of hydrogen-bond donors (Lipinski definition) is 7. The third kappa shape index (κ3) is 8.33. The number of amides is 4. The second kappa shape index (κ2) is 10.4. The number of carboxylic acids is 1. The number of thiol groups is 1. The van der Waals surface area contributed by atoms with E-state index in [-0.39, 0.29) is 12.2 Å². The molecule has 4 amide bonds. The Morgan fingerprint density at radius 3 is 1.96 bits per heavy atom. The molecule has 3 atom stereocenters. The van der Waals surface area contributed by atoms with Gasteiger partial charge in [0.2, 0.25) is 23.6 Å². The van der Waals surface area contributed by atoms with Crippen molar-refractivity contribution in [2.45, 2.75) is 37.4 Å². The number of nitrogens with two attached hydrogens (primary N) is 3. The first-order valence-electron chi connectivity index (χ1n) is 6.85. The highest BCUT2D eigenvalue weighted by Gasteiger charge is 2.27. The Balaban J connectivity index is 4.98. The minimum Gasteiger partial charge on any atom is -0.481 e. The topological polar surface area (TPSA) is 208 Å². The zero-order valence-corrected chi connectivity index (χ0v) is 13.6. The van der Waals surface area contributed by atoms with Crippen molar-refractivity contribution < 1.29 is 29.1 Å². The number of aliphatic carboxylic acids is 1. The number of hydrogen-bond acceptors (Lipinski definition) is 7. The van der Waals surface area contributed by atoms with E-state index in [4.69, 9.17) is 22.3 Å². The van der Waals surface area contributed by atoms with Crippen LogP contribution >= 0.6 is 12.6 Å². The van der Waals surface area contributed by atoms with Crippen LogP contribution in [0, 0.1) is 0 Å². The molecule has 0 aromatic carbocycles. The highest BCUT2D eigenvalue weighted by Crippen LogP contribution is 2.01. The Morgan fingerprint density at radius 2 is 1.54 bits per heavy atom. The van der Waals surface area contributed by atoms with Crippen LogP contribution < -0.4 is 27.8 Å². The monoisotopic (exact) mass is 363 g/mol. The number of primary amides is 2. The van der Waals surface area contributed by atoms with Crippen LogP contribution in [0.3, 0.4) is 0 Å². The van der Waals surface area contributed by atoms with E-state index < -0.39 is 60.6 Å². The maximum Gasteiger partial charge on any atom is 0.303 e. The van der Waals surface area contributed by atoms with Crippen LogP contribution in [0.2, 0.25) is 0 Å². The van der Waals surface area contributed by atoms with Gasteiger partial charge in [-0.1, -0.05) is 0 Å². The van der Waals surface area contributed by atoms with Gasteiger partial charge in [-0.15, -0.1) is 0 Å². The zero-order valence-electron chi connectivity index (χ0n) is 12.7. The molecule has 11 nitrogen and oxygen atoms in total. The average Bonchev–Trinajstić information content (AvgIpc) is 2.46. The van der Waals surface area contributed by atoms with E-state index in [1.54, 1.807) is 0 Å². The molecule has 0 rings (SSSR count). The first-order chi connectivity index (χ1) is 11.1. The van der Waals surface area contributed by atoms with E-state index in [0.29, 0.717) is 0 Å². The third-order valence-electron chi connectivity index (χ3n) is 2.88. The summed E-state index contributed by atoms with van der Waals surface area (Å²) in [5.41, 5.74) is 15.4. The van der Waals surface area contributed by atoms with Gasteiger partial charge in [0.05, 0.1) is 12.5 Å². The fraction of sp³-hybridized carbons (Fsp3) is 0.583. The molecular formula is C12H21N5O6S. The number of carbonyl (C=O) groups is 5. The van der Waals surface area contributed by atoms with Gasteiger partial charge in [-0.25, -0.2) is 0 Å². The van der Waals surface area contributed by atoms with E-state index in [1.165, 1.54) is 0 Å². The van der Waals surface area contributed by atoms with Crippen LogP contribution in [0.5, 0.6) is 0 Å². The molecule has 12 heteroatoms. The first-order valence-corrected chi connectivity index (χ1v) is 7.48. The van der Waals surface area contributed by atoms with Gasteiger partial charge in [0.25, 0.3) is 0 Å². The van der Waals surface area contributed by atoms with Crippen molar-refractivity contribution in [1.29, 1.82) is 0 Å². The molecule has 0 radical (unpaired) electrons. The molecule has 0 heterocycles. The molecule has 0 fully saturated rings. The van der Waals surface area contributed by atoms with Crippen molar-refractivity contribution in [1.82, 2.24) is 10.6 Å². The molecule has 0 spiro atoms. The molecule has 0 aliphatic rings. The quantitative estimate of drug-likeness (QED) is 0.183. The molecule has 24 heavy (non-hydrogen) atoms. The first kappa shape index (κ1) is 21.7. The average molecular weight is 363 g/mol.